The summed E-state index contributed by atoms with van der Waals surface area (Å²) in [6, 6.07) is 2.96. The van der Waals surface area contributed by atoms with Crippen LogP contribution in [-0.2, 0) is 10.0 Å². The van der Waals surface area contributed by atoms with Crippen LogP contribution in [0.4, 0.5) is 13.2 Å². The molecule has 18 heavy (non-hydrogen) atoms. The van der Waals surface area contributed by atoms with Gasteiger partial charge in [-0.25, -0.2) is 13.6 Å². The van der Waals surface area contributed by atoms with E-state index in [4.69, 9.17) is 16.3 Å². The molecule has 0 radical (unpaired) electrons. The van der Waals surface area contributed by atoms with Crippen LogP contribution in [0.25, 0.3) is 0 Å². The number of sulfonamides is 1. The Hall–Kier alpha value is -0.990. The number of nitrogens with two attached hydrogens (primary N) is 1. The minimum absolute atomic E-state index is 0.132. The van der Waals surface area contributed by atoms with Gasteiger partial charge in [0.2, 0.25) is 10.0 Å². The largest absolute Gasteiger partial charge is 0.495 e. The first kappa shape index (κ1) is 15.1. The third kappa shape index (κ3) is 3.27. The predicted molar refractivity (Wildman–Crippen MR) is 59.9 cm³/mol. The maximum absolute atomic E-state index is 12.7. The predicted octanol–water partition coefficient (Wildman–Crippen LogP) is 2.24. The number of ether oxygens (including phenoxy) is 1. The van der Waals surface area contributed by atoms with Crippen LogP contribution in [0.15, 0.2) is 18.2 Å². The Morgan fingerprint density at radius 3 is 2.28 bits per heavy atom. The van der Waals surface area contributed by atoms with Crippen molar-refractivity contribution in [2.45, 2.75) is 11.4 Å². The molecular weight excluding hydrogens is 295 g/mol. The van der Waals surface area contributed by atoms with Crippen molar-refractivity contribution in [2.24, 2.45) is 5.14 Å². The van der Waals surface area contributed by atoms with E-state index in [1.165, 1.54) is 7.11 Å². The summed E-state index contributed by atoms with van der Waals surface area (Å²) >= 11 is 5.65. The number of hydrogen-bond donors (Lipinski definition) is 1. The Balaban J connectivity index is 3.37. The molecule has 1 rings (SSSR count). The van der Waals surface area contributed by atoms with Crippen molar-refractivity contribution in [3.05, 3.63) is 28.8 Å². The van der Waals surface area contributed by atoms with E-state index in [1.54, 1.807) is 0 Å². The van der Waals surface area contributed by atoms with Crippen LogP contribution in [0.2, 0.25) is 5.02 Å². The topological polar surface area (TPSA) is 69.4 Å². The molecule has 1 unspecified atom stereocenters. The van der Waals surface area contributed by atoms with Gasteiger partial charge in [0, 0.05) is 0 Å². The van der Waals surface area contributed by atoms with Gasteiger partial charge in [-0.1, -0.05) is 17.7 Å². The zero-order chi connectivity index (χ0) is 14.1. The van der Waals surface area contributed by atoms with Crippen LogP contribution in [-0.4, -0.2) is 21.7 Å². The molecule has 0 aliphatic carbocycles. The van der Waals surface area contributed by atoms with E-state index >= 15 is 0 Å². The number of hydrogen-bond acceptors (Lipinski definition) is 3. The lowest BCUT2D eigenvalue weighted by molar-refractivity contribution is -0.131. The molecule has 1 aromatic carbocycles. The molecule has 0 heterocycles. The van der Waals surface area contributed by atoms with Gasteiger partial charge < -0.3 is 4.74 Å². The molecule has 4 nitrogen and oxygen atoms in total. The fourth-order valence-corrected chi connectivity index (χ4v) is 2.58. The van der Waals surface area contributed by atoms with Crippen molar-refractivity contribution in [1.82, 2.24) is 0 Å². The number of alkyl halides is 3. The van der Waals surface area contributed by atoms with E-state index in [9.17, 15) is 21.6 Å². The van der Waals surface area contributed by atoms with E-state index in [-0.39, 0.29) is 10.8 Å². The van der Waals surface area contributed by atoms with Crippen LogP contribution in [0.1, 0.15) is 10.8 Å². The van der Waals surface area contributed by atoms with E-state index in [1.807, 2.05) is 0 Å². The molecule has 0 aliphatic rings. The number of methoxy groups -OCH3 is 1. The smallest absolute Gasteiger partial charge is 0.410 e. The third-order valence-corrected chi connectivity index (χ3v) is 3.60. The van der Waals surface area contributed by atoms with Gasteiger partial charge in [-0.3, -0.25) is 0 Å². The first-order valence-corrected chi connectivity index (χ1v) is 6.48. The van der Waals surface area contributed by atoms with Gasteiger partial charge in [0.25, 0.3) is 0 Å². The number of rotatable bonds is 3. The molecule has 0 bridgehead atoms. The van der Waals surface area contributed by atoms with Crippen molar-refractivity contribution in [3.63, 3.8) is 0 Å². The first-order chi connectivity index (χ1) is 8.07. The maximum atomic E-state index is 12.7. The van der Waals surface area contributed by atoms with Gasteiger partial charge in [0.15, 0.2) is 5.25 Å². The average molecular weight is 304 g/mol. The Morgan fingerprint density at radius 1 is 1.39 bits per heavy atom. The molecule has 1 aromatic rings. The third-order valence-electron chi connectivity index (χ3n) is 2.10. The van der Waals surface area contributed by atoms with Gasteiger partial charge in [-0.15, -0.1) is 0 Å². The fourth-order valence-electron chi connectivity index (χ4n) is 1.41. The second-order valence-electron chi connectivity index (χ2n) is 3.40. The van der Waals surface area contributed by atoms with Gasteiger partial charge >= 0.3 is 6.18 Å². The van der Waals surface area contributed by atoms with Crippen LogP contribution in [0.5, 0.6) is 5.75 Å². The lowest BCUT2D eigenvalue weighted by Gasteiger charge is -2.19. The molecule has 1 atom stereocenters. The highest BCUT2D eigenvalue weighted by Gasteiger charge is 2.48. The Bertz CT molecular complexity index is 544. The average Bonchev–Trinajstić information content (AvgIpc) is 2.13. The highest BCUT2D eigenvalue weighted by Crippen LogP contribution is 2.39. The number of primary sulfonamides is 1. The van der Waals surface area contributed by atoms with Gasteiger partial charge in [-0.2, -0.15) is 13.2 Å². The Kier molecular flexibility index (Phi) is 4.14. The number of benzene rings is 1. The molecule has 9 heteroatoms. The van der Waals surface area contributed by atoms with Crippen LogP contribution < -0.4 is 9.88 Å². The van der Waals surface area contributed by atoms with Gasteiger partial charge in [0.05, 0.1) is 12.1 Å². The summed E-state index contributed by atoms with van der Waals surface area (Å²) in [6.45, 7) is 0. The van der Waals surface area contributed by atoms with E-state index in [0.29, 0.717) is 0 Å². The molecule has 0 spiro atoms. The standard InChI is InChI=1S/C9H9ClF3NO3S/c1-17-7-3-2-5(4-6(7)10)8(9(11,12)13)18(14,15)16/h2-4,8H,1H3,(H2,14,15,16). The lowest BCUT2D eigenvalue weighted by Crippen LogP contribution is -2.33. The van der Waals surface area contributed by atoms with E-state index < -0.39 is 27.0 Å². The van der Waals surface area contributed by atoms with Crippen molar-refractivity contribution in [3.8, 4) is 5.75 Å². The monoisotopic (exact) mass is 303 g/mol. The van der Waals surface area contributed by atoms with Crippen LogP contribution in [0.3, 0.4) is 0 Å². The molecular formula is C9H9ClF3NO3S. The van der Waals surface area contributed by atoms with Crippen molar-refractivity contribution in [1.29, 1.82) is 0 Å². The summed E-state index contributed by atoms with van der Waals surface area (Å²) in [6.07, 6.45) is -5.02. The van der Waals surface area contributed by atoms with Gasteiger partial charge in [-0.05, 0) is 17.7 Å². The molecule has 2 N–H and O–H groups in total. The summed E-state index contributed by atoms with van der Waals surface area (Å²) in [4.78, 5) is 0. The summed E-state index contributed by atoms with van der Waals surface area (Å²) in [5.41, 5.74) is -0.559. The van der Waals surface area contributed by atoms with Gasteiger partial charge in [0.1, 0.15) is 5.75 Å². The molecule has 0 saturated heterocycles. The summed E-state index contributed by atoms with van der Waals surface area (Å²) < 4.78 is 64.9. The minimum atomic E-state index is -5.02. The Labute approximate surface area is 107 Å². The summed E-state index contributed by atoms with van der Waals surface area (Å²) in [5, 5.41) is 1.65. The molecule has 0 amide bonds. The highest BCUT2D eigenvalue weighted by molar-refractivity contribution is 7.89. The van der Waals surface area contributed by atoms with Crippen molar-refractivity contribution >= 4 is 21.6 Å². The molecule has 0 aliphatic heterocycles. The number of halogens is 4. The lowest BCUT2D eigenvalue weighted by atomic mass is 10.1. The van der Waals surface area contributed by atoms with Crippen LogP contribution in [0, 0.1) is 0 Å². The zero-order valence-corrected chi connectivity index (χ0v) is 10.6. The van der Waals surface area contributed by atoms with E-state index in [0.717, 1.165) is 18.2 Å². The quantitative estimate of drug-likeness (QED) is 0.931. The summed E-state index contributed by atoms with van der Waals surface area (Å²) in [5.74, 6) is 0.135. The normalized spacial score (nSPS) is 14.3. The SMILES string of the molecule is COc1ccc(C(C(F)(F)F)S(N)(=O)=O)cc1Cl. The van der Waals surface area contributed by atoms with Crippen molar-refractivity contribution in [2.75, 3.05) is 7.11 Å². The fraction of sp³-hybridized carbons (Fsp3) is 0.333. The Morgan fingerprint density at radius 2 is 1.94 bits per heavy atom. The zero-order valence-electron chi connectivity index (χ0n) is 9.03. The second-order valence-corrected chi connectivity index (χ2v) is 5.46. The first-order valence-electron chi connectivity index (χ1n) is 4.49. The minimum Gasteiger partial charge on any atom is -0.495 e. The second kappa shape index (κ2) is 4.94. The van der Waals surface area contributed by atoms with Crippen LogP contribution >= 0.6 is 11.6 Å². The van der Waals surface area contributed by atoms with Crippen molar-refractivity contribution < 1.29 is 26.3 Å². The highest BCUT2D eigenvalue weighted by atomic mass is 35.5. The maximum Gasteiger partial charge on any atom is 0.410 e. The molecule has 0 saturated carbocycles. The molecule has 102 valence electrons. The van der Waals surface area contributed by atoms with E-state index in [2.05, 4.69) is 5.14 Å². The molecule has 0 fully saturated rings. The molecule has 0 aromatic heterocycles. The summed E-state index contributed by atoms with van der Waals surface area (Å²) in [7, 11) is -3.56.